The molecule has 1 aliphatic heterocycles. The highest BCUT2D eigenvalue weighted by molar-refractivity contribution is 7.71. The highest BCUT2D eigenvalue weighted by atomic mass is 31.2. The van der Waals surface area contributed by atoms with Gasteiger partial charge < -0.3 is 14.6 Å². The van der Waals surface area contributed by atoms with Crippen molar-refractivity contribution < 1.29 is 22.5 Å². The maximum Gasteiger partial charge on any atom is 0.416 e. The second-order valence-corrected chi connectivity index (χ2v) is 11.7. The summed E-state index contributed by atoms with van der Waals surface area (Å²) in [5, 5.41) is 3.92. The summed E-state index contributed by atoms with van der Waals surface area (Å²) in [6.45, 7) is 5.50. The van der Waals surface area contributed by atoms with Crippen LogP contribution in [0.3, 0.4) is 0 Å². The van der Waals surface area contributed by atoms with Gasteiger partial charge in [-0.05, 0) is 44.0 Å². The van der Waals surface area contributed by atoms with Gasteiger partial charge in [-0.3, -0.25) is 9.36 Å². The monoisotopic (exact) mass is 494 g/mol. The predicted molar refractivity (Wildman–Crippen MR) is 126 cm³/mol. The summed E-state index contributed by atoms with van der Waals surface area (Å²) >= 11 is 0. The van der Waals surface area contributed by atoms with E-state index in [0.29, 0.717) is 41.5 Å². The summed E-state index contributed by atoms with van der Waals surface area (Å²) in [6, 6.07) is 5.13. The molecule has 1 aliphatic rings. The minimum atomic E-state index is -4.46. The van der Waals surface area contributed by atoms with E-state index < -0.39 is 24.9 Å². The van der Waals surface area contributed by atoms with Gasteiger partial charge in [0.05, 0.1) is 35.5 Å². The topological polar surface area (TPSA) is 86.1 Å². The molecule has 0 spiro atoms. The van der Waals surface area contributed by atoms with Gasteiger partial charge in [-0.25, -0.2) is 9.97 Å². The first-order valence-electron chi connectivity index (χ1n) is 10.9. The number of pyridine rings is 1. The number of aromatic nitrogens is 3. The zero-order valence-corrected chi connectivity index (χ0v) is 20.3. The lowest BCUT2D eigenvalue weighted by Gasteiger charge is -2.24. The molecule has 0 aliphatic carbocycles. The van der Waals surface area contributed by atoms with Gasteiger partial charge in [0.1, 0.15) is 24.4 Å². The lowest BCUT2D eigenvalue weighted by atomic mass is 9.97. The molecule has 0 unspecified atom stereocenters. The fourth-order valence-electron chi connectivity index (χ4n) is 4.41. The quantitative estimate of drug-likeness (QED) is 0.549. The summed E-state index contributed by atoms with van der Waals surface area (Å²) in [5.74, 6) is 0.756. The largest absolute Gasteiger partial charge is 0.416 e. The van der Waals surface area contributed by atoms with Gasteiger partial charge in [-0.15, -0.1) is 0 Å². The molecule has 1 N–H and O–H groups in total. The van der Waals surface area contributed by atoms with Crippen LogP contribution in [0, 0.1) is 13.8 Å². The Morgan fingerprint density at radius 1 is 1.18 bits per heavy atom. The number of hydrogen-bond donors (Lipinski definition) is 1. The first-order chi connectivity index (χ1) is 15.9. The standard InChI is InChI=1S/C23H26F3N4O3P/c1-13-16(6-5-7-18(13)23(24,25)26)14(2)27-20-17-12-19(34(32)10-8-33-9-11-34)22(31)30(4)21(17)29-15(3)28-20/h5-7,12,14H,8-11H2,1-4H3,(H,27,28,29)/t14-/m1/s1. The zero-order valence-electron chi connectivity index (χ0n) is 19.4. The Morgan fingerprint density at radius 3 is 2.50 bits per heavy atom. The molecule has 1 fully saturated rings. The molecule has 7 nitrogen and oxygen atoms in total. The van der Waals surface area contributed by atoms with E-state index in [1.807, 2.05) is 0 Å². The Kier molecular flexibility index (Phi) is 6.33. The van der Waals surface area contributed by atoms with Crippen LogP contribution in [0.15, 0.2) is 29.1 Å². The Hall–Kier alpha value is -2.71. The second-order valence-electron chi connectivity index (χ2n) is 8.58. The molecular formula is C23H26F3N4O3P. The summed E-state index contributed by atoms with van der Waals surface area (Å²) < 4.78 is 60.5. The van der Waals surface area contributed by atoms with E-state index in [-0.39, 0.29) is 28.8 Å². The van der Waals surface area contributed by atoms with Crippen LogP contribution < -0.4 is 16.2 Å². The molecule has 0 amide bonds. The van der Waals surface area contributed by atoms with Crippen molar-refractivity contribution in [2.45, 2.75) is 33.0 Å². The number of ether oxygens (including phenoxy) is 1. The molecule has 0 saturated carbocycles. The van der Waals surface area contributed by atoms with Crippen LogP contribution in [0.4, 0.5) is 19.0 Å². The number of rotatable bonds is 4. The summed E-state index contributed by atoms with van der Waals surface area (Å²) in [7, 11) is -1.39. The molecule has 1 aromatic carbocycles. The number of benzene rings is 1. The highest BCUT2D eigenvalue weighted by Gasteiger charge is 2.34. The lowest BCUT2D eigenvalue weighted by molar-refractivity contribution is -0.138. The molecular weight excluding hydrogens is 468 g/mol. The van der Waals surface area contributed by atoms with Crippen LogP contribution in [0.1, 0.15) is 35.5 Å². The van der Waals surface area contributed by atoms with Gasteiger partial charge in [-0.2, -0.15) is 13.2 Å². The third kappa shape index (κ3) is 4.36. The number of nitrogens with one attached hydrogen (secondary N) is 1. The number of fused-ring (bicyclic) bond motifs is 1. The smallest absolute Gasteiger partial charge is 0.380 e. The molecule has 3 aromatic rings. The molecule has 1 atom stereocenters. The molecule has 11 heteroatoms. The fourth-order valence-corrected chi connectivity index (χ4v) is 6.83. The van der Waals surface area contributed by atoms with Crippen molar-refractivity contribution in [2.24, 2.45) is 7.05 Å². The molecule has 3 heterocycles. The van der Waals surface area contributed by atoms with Crippen LogP contribution >= 0.6 is 7.14 Å². The fraction of sp³-hybridized carbons (Fsp3) is 0.435. The van der Waals surface area contributed by atoms with E-state index in [9.17, 15) is 22.5 Å². The number of hydrogen-bond acceptors (Lipinski definition) is 6. The van der Waals surface area contributed by atoms with Gasteiger partial charge >= 0.3 is 6.18 Å². The van der Waals surface area contributed by atoms with Gasteiger partial charge in [0.15, 0.2) is 0 Å². The van der Waals surface area contributed by atoms with Crippen molar-refractivity contribution in [3.63, 3.8) is 0 Å². The zero-order chi connectivity index (χ0) is 24.8. The molecule has 0 radical (unpaired) electrons. The number of nitrogens with zero attached hydrogens (tertiary/aromatic N) is 3. The van der Waals surface area contributed by atoms with Crippen molar-refractivity contribution in [1.29, 1.82) is 0 Å². The van der Waals surface area contributed by atoms with Crippen LogP contribution in [0.2, 0.25) is 0 Å². The molecule has 182 valence electrons. The number of halogens is 3. The Labute approximate surface area is 194 Å². The number of aryl methyl sites for hydroxylation is 2. The molecule has 2 aromatic heterocycles. The number of anilines is 1. The van der Waals surface area contributed by atoms with Crippen LogP contribution in [0.5, 0.6) is 0 Å². The third-order valence-electron chi connectivity index (χ3n) is 6.29. The van der Waals surface area contributed by atoms with E-state index in [1.165, 1.54) is 17.6 Å². The normalized spacial score (nSPS) is 17.0. The second kappa shape index (κ2) is 8.82. The van der Waals surface area contributed by atoms with Gasteiger partial charge in [0.25, 0.3) is 5.56 Å². The van der Waals surface area contributed by atoms with Crippen molar-refractivity contribution in [2.75, 3.05) is 30.9 Å². The first kappa shape index (κ1) is 24.4. The minimum absolute atomic E-state index is 0.129. The maximum atomic E-state index is 13.6. The van der Waals surface area contributed by atoms with E-state index in [4.69, 9.17) is 4.74 Å². The van der Waals surface area contributed by atoms with Gasteiger partial charge in [0, 0.05) is 19.4 Å². The molecule has 0 bridgehead atoms. The minimum Gasteiger partial charge on any atom is -0.380 e. The van der Waals surface area contributed by atoms with Crippen LogP contribution in [-0.4, -0.2) is 40.1 Å². The SMILES string of the molecule is Cc1nc(N[C@H](C)c2cccc(C(F)(F)F)c2C)c2cc(P3(=O)CCOCC3)c(=O)n(C)c2n1. The van der Waals surface area contributed by atoms with E-state index >= 15 is 0 Å². The van der Waals surface area contributed by atoms with Crippen LogP contribution in [-0.2, 0) is 22.5 Å². The van der Waals surface area contributed by atoms with Crippen molar-refractivity contribution >= 4 is 29.3 Å². The van der Waals surface area contributed by atoms with Crippen LogP contribution in [0.25, 0.3) is 11.0 Å². The highest BCUT2D eigenvalue weighted by Crippen LogP contribution is 2.45. The van der Waals surface area contributed by atoms with Gasteiger partial charge in [0.2, 0.25) is 0 Å². The summed E-state index contributed by atoms with van der Waals surface area (Å²) in [5.41, 5.74) is -0.101. The Bertz CT molecular complexity index is 1360. The Morgan fingerprint density at radius 2 is 1.85 bits per heavy atom. The third-order valence-corrected chi connectivity index (χ3v) is 9.30. The van der Waals surface area contributed by atoms with E-state index in [0.717, 1.165) is 6.07 Å². The lowest BCUT2D eigenvalue weighted by Crippen LogP contribution is -2.37. The Balaban J connectivity index is 1.84. The average Bonchev–Trinajstić information content (AvgIpc) is 2.76. The summed E-state index contributed by atoms with van der Waals surface area (Å²) in [4.78, 5) is 22.0. The van der Waals surface area contributed by atoms with E-state index in [1.54, 1.807) is 33.0 Å². The molecule has 34 heavy (non-hydrogen) atoms. The first-order valence-corrected chi connectivity index (χ1v) is 13.0. The predicted octanol–water partition coefficient (Wildman–Crippen LogP) is 4.16. The van der Waals surface area contributed by atoms with Crippen molar-refractivity contribution in [3.8, 4) is 0 Å². The van der Waals surface area contributed by atoms with Gasteiger partial charge in [-0.1, -0.05) is 12.1 Å². The van der Waals surface area contributed by atoms with Crippen molar-refractivity contribution in [1.82, 2.24) is 14.5 Å². The average molecular weight is 494 g/mol. The maximum absolute atomic E-state index is 13.6. The van der Waals surface area contributed by atoms with Crippen molar-refractivity contribution in [3.05, 3.63) is 57.1 Å². The number of alkyl halides is 3. The molecule has 1 saturated heterocycles. The summed E-state index contributed by atoms with van der Waals surface area (Å²) in [6.07, 6.45) is -3.90. The molecule has 4 rings (SSSR count). The van der Waals surface area contributed by atoms with E-state index in [2.05, 4.69) is 15.3 Å².